The van der Waals surface area contributed by atoms with Crippen molar-refractivity contribution >= 4 is 26.5 Å². The van der Waals surface area contributed by atoms with Crippen molar-refractivity contribution < 1.29 is 17.9 Å². The average Bonchev–Trinajstić information content (AvgIpc) is 3.02. The van der Waals surface area contributed by atoms with Gasteiger partial charge in [-0.15, -0.1) is 11.3 Å². The zero-order valence-electron chi connectivity index (χ0n) is 13.1. The van der Waals surface area contributed by atoms with E-state index in [0.29, 0.717) is 12.2 Å². The smallest absolute Gasteiger partial charge is 0.244 e. The Balaban J connectivity index is 2.09. The molecule has 0 fully saturated rings. The van der Waals surface area contributed by atoms with Crippen molar-refractivity contribution in [2.75, 3.05) is 33.1 Å². The Morgan fingerprint density at radius 1 is 1.26 bits per heavy atom. The van der Waals surface area contributed by atoms with E-state index in [0.717, 1.165) is 10.8 Å². The molecular weight excluding hydrogens is 338 g/mol. The minimum Gasteiger partial charge on any atom is -0.497 e. The highest BCUT2D eigenvalue weighted by molar-refractivity contribution is 7.89. The van der Waals surface area contributed by atoms with Crippen LogP contribution in [-0.2, 0) is 16.4 Å². The van der Waals surface area contributed by atoms with Gasteiger partial charge in [0, 0.05) is 31.5 Å². The maximum Gasteiger partial charge on any atom is 0.244 e. The van der Waals surface area contributed by atoms with E-state index in [2.05, 4.69) is 15.0 Å². The summed E-state index contributed by atoms with van der Waals surface area (Å²) in [6.07, 6.45) is 0.504. The van der Waals surface area contributed by atoms with Crippen molar-refractivity contribution in [3.05, 3.63) is 29.3 Å². The fourth-order valence-electron chi connectivity index (χ4n) is 1.92. The maximum absolute atomic E-state index is 12.5. The van der Waals surface area contributed by atoms with Gasteiger partial charge >= 0.3 is 0 Å². The molecule has 0 unspecified atom stereocenters. The van der Waals surface area contributed by atoms with Gasteiger partial charge in [0.25, 0.3) is 0 Å². The van der Waals surface area contributed by atoms with Crippen LogP contribution in [0.3, 0.4) is 0 Å². The van der Waals surface area contributed by atoms with E-state index >= 15 is 0 Å². The molecule has 1 aromatic heterocycles. The van der Waals surface area contributed by atoms with Crippen LogP contribution in [0.2, 0.25) is 0 Å². The fourth-order valence-corrected chi connectivity index (χ4v) is 3.84. The zero-order valence-corrected chi connectivity index (χ0v) is 14.8. The lowest BCUT2D eigenvalue weighted by molar-refractivity contribution is 0.392. The first kappa shape index (κ1) is 17.5. The van der Waals surface area contributed by atoms with Crippen LogP contribution in [0, 0.1) is 0 Å². The van der Waals surface area contributed by atoms with Crippen LogP contribution in [-0.4, -0.2) is 41.2 Å². The Labute approximate surface area is 139 Å². The third-order valence-corrected chi connectivity index (χ3v) is 5.49. The third kappa shape index (κ3) is 4.34. The molecule has 0 aliphatic heterocycles. The molecule has 1 heterocycles. The summed E-state index contributed by atoms with van der Waals surface area (Å²) >= 11 is 1.48. The number of aromatic nitrogens is 1. The molecule has 0 atom stereocenters. The number of benzene rings is 1. The summed E-state index contributed by atoms with van der Waals surface area (Å²) in [7, 11) is 0.998. The van der Waals surface area contributed by atoms with Gasteiger partial charge in [-0.05, 0) is 12.1 Å². The van der Waals surface area contributed by atoms with Crippen LogP contribution in [0.4, 0.5) is 5.13 Å². The molecule has 2 aromatic rings. The largest absolute Gasteiger partial charge is 0.497 e. The summed E-state index contributed by atoms with van der Waals surface area (Å²) in [6.45, 7) is 0.246. The molecule has 1 aromatic carbocycles. The Kier molecular flexibility index (Phi) is 5.80. The number of sulfonamides is 1. The minimum absolute atomic E-state index is 0.0496. The number of ether oxygens (including phenoxy) is 2. The summed E-state index contributed by atoms with van der Waals surface area (Å²) in [4.78, 5) is 4.36. The number of hydrogen-bond acceptors (Lipinski definition) is 7. The number of hydrogen-bond donors (Lipinski definition) is 2. The van der Waals surface area contributed by atoms with Gasteiger partial charge in [0.05, 0.1) is 19.9 Å². The fraction of sp³-hybridized carbons (Fsp3) is 0.357. The minimum atomic E-state index is -3.70. The summed E-state index contributed by atoms with van der Waals surface area (Å²) in [5.41, 5.74) is 0.833. The second kappa shape index (κ2) is 7.62. The summed E-state index contributed by atoms with van der Waals surface area (Å²) in [5, 5.41) is 5.64. The number of nitrogens with zero attached hydrogens (tertiary/aromatic N) is 1. The molecule has 126 valence electrons. The Bertz CT molecular complexity index is 759. The Morgan fingerprint density at radius 3 is 2.65 bits per heavy atom. The molecular formula is C14H19N3O4S2. The molecule has 0 spiro atoms. The predicted molar refractivity (Wildman–Crippen MR) is 90.1 cm³/mol. The lowest BCUT2D eigenvalue weighted by Gasteiger charge is -2.11. The van der Waals surface area contributed by atoms with Crippen LogP contribution < -0.4 is 19.5 Å². The molecule has 0 amide bonds. The SMILES string of the molecule is CNc1nc(CCNS(=O)(=O)c2cc(OC)ccc2OC)cs1. The predicted octanol–water partition coefficient (Wildman–Crippen LogP) is 1.72. The van der Waals surface area contributed by atoms with Gasteiger partial charge in [0.15, 0.2) is 5.13 Å². The number of nitrogens with one attached hydrogen (secondary N) is 2. The highest BCUT2D eigenvalue weighted by Gasteiger charge is 2.20. The van der Waals surface area contributed by atoms with Gasteiger partial charge in [-0.1, -0.05) is 0 Å². The zero-order chi connectivity index (χ0) is 16.9. The lowest BCUT2D eigenvalue weighted by atomic mass is 10.3. The van der Waals surface area contributed by atoms with Crippen LogP contribution in [0.1, 0.15) is 5.69 Å². The molecule has 0 aliphatic rings. The molecule has 23 heavy (non-hydrogen) atoms. The van der Waals surface area contributed by atoms with Gasteiger partial charge < -0.3 is 14.8 Å². The van der Waals surface area contributed by atoms with Crippen LogP contribution in [0.5, 0.6) is 11.5 Å². The van der Waals surface area contributed by atoms with E-state index < -0.39 is 10.0 Å². The van der Waals surface area contributed by atoms with Crippen LogP contribution >= 0.6 is 11.3 Å². The standard InChI is InChI=1S/C14H19N3O4S2/c1-15-14-17-10(9-22-14)6-7-16-23(18,19)13-8-11(20-2)4-5-12(13)21-3/h4-5,8-9,16H,6-7H2,1-3H3,(H,15,17). The molecule has 2 rings (SSSR count). The van der Waals surface area contributed by atoms with E-state index in [1.807, 2.05) is 5.38 Å². The van der Waals surface area contributed by atoms with Gasteiger partial charge in [0.1, 0.15) is 16.4 Å². The molecule has 0 aliphatic carbocycles. The Hall–Kier alpha value is -1.84. The molecule has 0 saturated carbocycles. The lowest BCUT2D eigenvalue weighted by Crippen LogP contribution is -2.26. The summed E-state index contributed by atoms with van der Waals surface area (Å²) in [6, 6.07) is 4.64. The highest BCUT2D eigenvalue weighted by atomic mass is 32.2. The molecule has 0 bridgehead atoms. The Morgan fingerprint density at radius 2 is 2.04 bits per heavy atom. The first-order valence-corrected chi connectivity index (χ1v) is 9.20. The average molecular weight is 357 g/mol. The van der Waals surface area contributed by atoms with E-state index in [-0.39, 0.29) is 17.2 Å². The molecule has 2 N–H and O–H groups in total. The van der Waals surface area contributed by atoms with Crippen molar-refractivity contribution in [2.45, 2.75) is 11.3 Å². The van der Waals surface area contributed by atoms with Gasteiger partial charge in [-0.25, -0.2) is 18.1 Å². The van der Waals surface area contributed by atoms with Gasteiger partial charge in [-0.3, -0.25) is 0 Å². The van der Waals surface area contributed by atoms with Gasteiger partial charge in [0.2, 0.25) is 10.0 Å². The van der Waals surface area contributed by atoms with E-state index in [9.17, 15) is 8.42 Å². The molecule has 9 heteroatoms. The number of anilines is 1. The van der Waals surface area contributed by atoms with Crippen molar-refractivity contribution in [3.8, 4) is 11.5 Å². The van der Waals surface area contributed by atoms with E-state index in [1.54, 1.807) is 19.2 Å². The number of methoxy groups -OCH3 is 2. The second-order valence-corrected chi connectivity index (χ2v) is 7.15. The van der Waals surface area contributed by atoms with Crippen molar-refractivity contribution in [2.24, 2.45) is 0 Å². The topological polar surface area (TPSA) is 89.6 Å². The first-order chi connectivity index (χ1) is 11.0. The van der Waals surface area contributed by atoms with E-state index in [4.69, 9.17) is 9.47 Å². The first-order valence-electron chi connectivity index (χ1n) is 6.84. The highest BCUT2D eigenvalue weighted by Crippen LogP contribution is 2.28. The normalized spacial score (nSPS) is 11.3. The van der Waals surface area contributed by atoms with Crippen LogP contribution in [0.15, 0.2) is 28.5 Å². The summed E-state index contributed by atoms with van der Waals surface area (Å²) in [5.74, 6) is 0.716. The number of rotatable bonds is 8. The maximum atomic E-state index is 12.5. The second-order valence-electron chi connectivity index (χ2n) is 4.56. The van der Waals surface area contributed by atoms with Crippen molar-refractivity contribution in [1.29, 1.82) is 0 Å². The monoisotopic (exact) mass is 357 g/mol. The van der Waals surface area contributed by atoms with E-state index in [1.165, 1.54) is 31.6 Å². The summed E-state index contributed by atoms with van der Waals surface area (Å²) < 4.78 is 37.7. The number of thiazole rings is 1. The molecule has 7 nitrogen and oxygen atoms in total. The van der Waals surface area contributed by atoms with Crippen molar-refractivity contribution in [1.82, 2.24) is 9.71 Å². The van der Waals surface area contributed by atoms with Gasteiger partial charge in [-0.2, -0.15) is 0 Å². The molecule has 0 saturated heterocycles. The van der Waals surface area contributed by atoms with Crippen LogP contribution in [0.25, 0.3) is 0 Å². The molecule has 0 radical (unpaired) electrons. The van der Waals surface area contributed by atoms with Crippen molar-refractivity contribution in [3.63, 3.8) is 0 Å². The third-order valence-electron chi connectivity index (χ3n) is 3.10. The quantitative estimate of drug-likeness (QED) is 0.748.